The Labute approximate surface area is 312 Å². The minimum atomic E-state index is -3.90. The smallest absolute Gasteiger partial charge is 0.264 e. The number of aryl methyl sites for hydroxylation is 1. The number of carbonyl (C=O) groups is 1. The minimum Gasteiger partial charge on any atom is -0.490 e. The number of sulfonamides is 1. The molecule has 3 aliphatic carbocycles. The molecule has 0 aromatic heterocycles. The molecule has 2 aromatic rings. The number of nitrogens with one attached hydrogen (secondary N) is 1. The van der Waals surface area contributed by atoms with Gasteiger partial charge in [-0.25, -0.2) is 13.1 Å². The van der Waals surface area contributed by atoms with Crippen molar-refractivity contribution in [1.82, 2.24) is 4.72 Å². The van der Waals surface area contributed by atoms with Crippen LogP contribution in [0, 0.1) is 29.6 Å². The molecule has 6 rings (SSSR count). The maximum Gasteiger partial charge on any atom is 0.264 e. The van der Waals surface area contributed by atoms with Crippen LogP contribution in [0.3, 0.4) is 0 Å². The van der Waals surface area contributed by atoms with E-state index >= 15 is 0 Å². The summed E-state index contributed by atoms with van der Waals surface area (Å²) in [5.74, 6) is 2.18. The molecule has 2 aromatic carbocycles. The third-order valence-corrected chi connectivity index (χ3v) is 14.5. The summed E-state index contributed by atoms with van der Waals surface area (Å²) in [5, 5.41) is 0.130. The Morgan fingerprint density at radius 1 is 1.14 bits per heavy atom. The van der Waals surface area contributed by atoms with Gasteiger partial charge in [-0.05, 0) is 129 Å². The van der Waals surface area contributed by atoms with Crippen LogP contribution in [0.1, 0.15) is 119 Å². The van der Waals surface area contributed by atoms with E-state index in [4.69, 9.17) is 16.3 Å². The quantitative estimate of drug-likeness (QED) is 0.174. The molecule has 0 bridgehead atoms. The van der Waals surface area contributed by atoms with Crippen LogP contribution in [0.5, 0.6) is 5.75 Å². The van der Waals surface area contributed by atoms with Gasteiger partial charge in [0.25, 0.3) is 5.91 Å². The largest absolute Gasteiger partial charge is 0.490 e. The van der Waals surface area contributed by atoms with E-state index in [0.717, 1.165) is 74.5 Å². The van der Waals surface area contributed by atoms with Gasteiger partial charge in [-0.3, -0.25) is 4.79 Å². The second kappa shape index (κ2) is 16.5. The Balaban J connectivity index is 1.31. The summed E-state index contributed by atoms with van der Waals surface area (Å²) in [4.78, 5) is 16.3. The number of benzene rings is 2. The molecular formula is C43H59ClN2O4S. The predicted octanol–water partition coefficient (Wildman–Crippen LogP) is 10.1. The zero-order valence-electron chi connectivity index (χ0n) is 31.0. The third-order valence-electron chi connectivity index (χ3n) is 12.3. The first kappa shape index (κ1) is 38.0. The van der Waals surface area contributed by atoms with Gasteiger partial charge in [-0.15, -0.1) is 6.58 Å². The fourth-order valence-corrected chi connectivity index (χ4v) is 11.1. The number of allylic oxidation sites excluding steroid dienone is 3. The van der Waals surface area contributed by atoms with Gasteiger partial charge in [0, 0.05) is 29.1 Å². The highest BCUT2D eigenvalue weighted by Gasteiger charge is 2.44. The van der Waals surface area contributed by atoms with Crippen LogP contribution < -0.4 is 14.4 Å². The van der Waals surface area contributed by atoms with Crippen LogP contribution >= 0.6 is 11.6 Å². The van der Waals surface area contributed by atoms with Crippen molar-refractivity contribution in [1.29, 1.82) is 0 Å². The summed E-state index contributed by atoms with van der Waals surface area (Å²) in [6.07, 6.45) is 20.1. The second-order valence-corrected chi connectivity index (χ2v) is 18.5. The fourth-order valence-electron chi connectivity index (χ4n) is 9.17. The molecule has 4 aliphatic rings. The summed E-state index contributed by atoms with van der Waals surface area (Å²) >= 11 is 6.49. The Morgan fingerprint density at radius 3 is 2.67 bits per heavy atom. The zero-order valence-corrected chi connectivity index (χ0v) is 32.6. The molecule has 0 saturated heterocycles. The van der Waals surface area contributed by atoms with E-state index in [9.17, 15) is 13.2 Å². The lowest BCUT2D eigenvalue weighted by Gasteiger charge is -2.46. The molecule has 51 heavy (non-hydrogen) atoms. The number of halogens is 1. The molecule has 1 spiro atoms. The second-order valence-electron chi connectivity index (χ2n) is 16.2. The molecule has 4 unspecified atom stereocenters. The monoisotopic (exact) mass is 734 g/mol. The van der Waals surface area contributed by atoms with Gasteiger partial charge in [-0.2, -0.15) is 0 Å². The maximum atomic E-state index is 13.9. The van der Waals surface area contributed by atoms with Gasteiger partial charge >= 0.3 is 0 Å². The lowest BCUT2D eigenvalue weighted by atomic mass is 9.65. The van der Waals surface area contributed by atoms with Crippen LogP contribution in [0.25, 0.3) is 0 Å². The molecule has 0 radical (unpaired) electrons. The molecule has 8 heteroatoms. The van der Waals surface area contributed by atoms with Gasteiger partial charge in [0.2, 0.25) is 10.0 Å². The molecule has 1 aliphatic heterocycles. The summed E-state index contributed by atoms with van der Waals surface area (Å²) in [6, 6.07) is 11.8. The topological polar surface area (TPSA) is 75.7 Å². The molecule has 278 valence electrons. The number of anilines is 1. The minimum absolute atomic E-state index is 0.127. The van der Waals surface area contributed by atoms with E-state index in [-0.39, 0.29) is 11.3 Å². The van der Waals surface area contributed by atoms with E-state index in [1.54, 1.807) is 12.1 Å². The number of nitrogens with zero attached hydrogens (tertiary/aromatic N) is 1. The van der Waals surface area contributed by atoms with Crippen molar-refractivity contribution in [3.8, 4) is 5.75 Å². The Bertz CT molecular complexity index is 1690. The first-order chi connectivity index (χ1) is 24.6. The van der Waals surface area contributed by atoms with E-state index in [1.165, 1.54) is 36.8 Å². The molecule has 6 atom stereocenters. The number of hydrogen-bond acceptors (Lipinski definition) is 5. The van der Waals surface area contributed by atoms with Gasteiger partial charge in [-0.1, -0.05) is 82.3 Å². The summed E-state index contributed by atoms with van der Waals surface area (Å²) in [5.41, 5.74) is 3.61. The van der Waals surface area contributed by atoms with E-state index in [2.05, 4.69) is 54.3 Å². The highest BCUT2D eigenvalue weighted by atomic mass is 35.5. The van der Waals surface area contributed by atoms with Crippen molar-refractivity contribution >= 4 is 33.2 Å². The number of unbranched alkanes of at least 4 members (excludes halogenated alkanes) is 1. The maximum absolute atomic E-state index is 13.9. The standard InChI is InChI=1S/C43H59ClN2O4S/c1-5-8-9-13-32(12-7-3)37-20-17-35(37)27-46-28-43(23-10-14-33-25-36(44)19-21-38(33)43)29-50-40-22-18-34(26-39(40)46)42(47)45-51(48,49)41(24-31-15-16-31)30(4)11-6-2/h6,9,13,18-19,21-22,25-26,30-32,35,37,41H,2,5,7-8,10-12,14-17,20,23-24,27-29H2,1,3-4H3,(H,45,47)/b13-9+/t30-,32?,35?,37?,41?,43-/m0/s1. The highest BCUT2D eigenvalue weighted by Crippen LogP contribution is 2.48. The van der Waals surface area contributed by atoms with E-state index < -0.39 is 21.2 Å². The van der Waals surface area contributed by atoms with Crippen molar-refractivity contribution in [3.63, 3.8) is 0 Å². The third kappa shape index (κ3) is 8.73. The molecule has 1 heterocycles. The number of rotatable bonds is 16. The van der Waals surface area contributed by atoms with Crippen molar-refractivity contribution < 1.29 is 17.9 Å². The van der Waals surface area contributed by atoms with Gasteiger partial charge < -0.3 is 9.64 Å². The van der Waals surface area contributed by atoms with Crippen LogP contribution in [-0.4, -0.2) is 39.3 Å². The average molecular weight is 735 g/mol. The SMILES string of the molecule is C=CC[C@H](C)C(CC1CC1)S(=O)(=O)NC(=O)c1ccc2c(c1)N(CC1CCC1C(/C=C/CCC)CCC)C[C@@]1(CCCc3cc(Cl)ccc31)CO2. The van der Waals surface area contributed by atoms with Crippen molar-refractivity contribution in [2.75, 3.05) is 24.6 Å². The van der Waals surface area contributed by atoms with Gasteiger partial charge in [0.1, 0.15) is 5.75 Å². The van der Waals surface area contributed by atoms with E-state index in [1.807, 2.05) is 25.1 Å². The highest BCUT2D eigenvalue weighted by molar-refractivity contribution is 7.90. The number of carbonyl (C=O) groups excluding carboxylic acids is 1. The molecule has 2 saturated carbocycles. The summed E-state index contributed by atoms with van der Waals surface area (Å²) < 4.78 is 36.7. The van der Waals surface area contributed by atoms with Crippen molar-refractivity contribution in [3.05, 3.63) is 82.9 Å². The molecular weight excluding hydrogens is 676 g/mol. The molecule has 1 amide bonds. The average Bonchev–Trinajstić information content (AvgIpc) is 3.93. The Morgan fingerprint density at radius 2 is 1.96 bits per heavy atom. The molecule has 2 fully saturated rings. The number of amides is 1. The van der Waals surface area contributed by atoms with Crippen LogP contribution in [0.15, 0.2) is 61.2 Å². The van der Waals surface area contributed by atoms with Gasteiger partial charge in [0.05, 0.1) is 17.5 Å². The first-order valence-corrected chi connectivity index (χ1v) is 21.6. The lowest BCUT2D eigenvalue weighted by Crippen LogP contribution is -2.49. The molecule has 6 nitrogen and oxygen atoms in total. The Kier molecular flexibility index (Phi) is 12.3. The van der Waals surface area contributed by atoms with Crippen LogP contribution in [0.4, 0.5) is 5.69 Å². The zero-order chi connectivity index (χ0) is 36.2. The van der Waals surface area contributed by atoms with Crippen molar-refractivity contribution in [2.24, 2.45) is 29.6 Å². The summed E-state index contributed by atoms with van der Waals surface area (Å²) in [7, 11) is -3.90. The van der Waals surface area contributed by atoms with Crippen molar-refractivity contribution in [2.45, 2.75) is 115 Å². The molecule has 1 N–H and O–H groups in total. The predicted molar refractivity (Wildman–Crippen MR) is 210 cm³/mol. The fraction of sp³-hybridized carbons (Fsp3) is 0.605. The van der Waals surface area contributed by atoms with Gasteiger partial charge in [0.15, 0.2) is 0 Å². The number of hydrogen-bond donors (Lipinski definition) is 1. The number of fused-ring (bicyclic) bond motifs is 3. The van der Waals surface area contributed by atoms with E-state index in [0.29, 0.717) is 48.7 Å². The number of ether oxygens (including phenoxy) is 1. The van der Waals surface area contributed by atoms with Crippen LogP contribution in [0.2, 0.25) is 5.02 Å². The van der Waals surface area contributed by atoms with Crippen LogP contribution in [-0.2, 0) is 21.9 Å². The normalized spacial score (nSPS) is 24.8. The Hall–Kier alpha value is -2.77. The summed E-state index contributed by atoms with van der Waals surface area (Å²) in [6.45, 7) is 12.5. The lowest BCUT2D eigenvalue weighted by molar-refractivity contribution is 0.0980. The first-order valence-electron chi connectivity index (χ1n) is 19.7.